The fourth-order valence-corrected chi connectivity index (χ4v) is 4.14. The fraction of sp³-hybridized carbons (Fsp3) is 0.611. The number of aryl methyl sites for hydroxylation is 1. The van der Waals surface area contributed by atoms with Crippen LogP contribution in [0.25, 0.3) is 10.2 Å². The summed E-state index contributed by atoms with van der Waals surface area (Å²) in [5.74, 6) is 0.771. The molecule has 7 nitrogen and oxygen atoms in total. The Hall–Kier alpha value is -1.77. The molecule has 0 saturated carbocycles. The number of morpholine rings is 1. The van der Waals surface area contributed by atoms with E-state index in [4.69, 9.17) is 4.74 Å². The lowest BCUT2D eigenvalue weighted by atomic mass is 10.2. The average molecular weight is 378 g/mol. The Bertz CT molecular complexity index is 755. The van der Waals surface area contributed by atoms with Crippen molar-refractivity contribution in [1.29, 1.82) is 0 Å². The lowest BCUT2D eigenvalue weighted by Crippen LogP contribution is -2.37. The molecule has 0 radical (unpaired) electrons. The molecule has 26 heavy (non-hydrogen) atoms. The highest BCUT2D eigenvalue weighted by molar-refractivity contribution is 7.20. The number of ether oxygens (including phenoxy) is 1. The van der Waals surface area contributed by atoms with Crippen molar-refractivity contribution in [2.75, 3.05) is 44.7 Å². The van der Waals surface area contributed by atoms with Crippen molar-refractivity contribution in [2.45, 2.75) is 33.2 Å². The summed E-state index contributed by atoms with van der Waals surface area (Å²) < 4.78 is 5.38. The van der Waals surface area contributed by atoms with E-state index in [2.05, 4.69) is 25.5 Å². The number of carbonyl (C=O) groups is 1. The van der Waals surface area contributed by atoms with Crippen LogP contribution in [-0.2, 0) is 4.74 Å². The summed E-state index contributed by atoms with van der Waals surface area (Å²) in [5.41, 5.74) is 0.944. The number of hydrogen-bond acceptors (Lipinski definition) is 7. The van der Waals surface area contributed by atoms with E-state index in [1.165, 1.54) is 11.3 Å². The second-order valence-corrected chi connectivity index (χ2v) is 7.82. The Balaban J connectivity index is 1.66. The molecule has 0 unspecified atom stereocenters. The van der Waals surface area contributed by atoms with Gasteiger partial charge in [0.2, 0.25) is 0 Å². The minimum absolute atomic E-state index is 0.0428. The molecular weight excluding hydrogens is 350 g/mol. The number of anilines is 1. The summed E-state index contributed by atoms with van der Waals surface area (Å²) in [5, 5.41) is 7.34. The standard InChI is InChI=1S/C18H27N5O2S/c1-12(2)22-17(24)15-13(3)14-16(20-11-21-18(14)26-15)19-5-4-6-23-7-9-25-10-8-23/h11-12H,4-10H2,1-3H3,(H,22,24)(H,19,20,21). The molecule has 0 aromatic carbocycles. The maximum atomic E-state index is 12.4. The Kier molecular flexibility index (Phi) is 6.39. The predicted molar refractivity (Wildman–Crippen MR) is 105 cm³/mol. The SMILES string of the molecule is Cc1c(C(=O)NC(C)C)sc2ncnc(NCCCN3CCOCC3)c12. The van der Waals surface area contributed by atoms with E-state index in [1.54, 1.807) is 6.33 Å². The van der Waals surface area contributed by atoms with E-state index >= 15 is 0 Å². The summed E-state index contributed by atoms with van der Waals surface area (Å²) in [6.45, 7) is 11.5. The van der Waals surface area contributed by atoms with E-state index < -0.39 is 0 Å². The molecule has 0 spiro atoms. The smallest absolute Gasteiger partial charge is 0.261 e. The van der Waals surface area contributed by atoms with Crippen LogP contribution in [0.5, 0.6) is 0 Å². The van der Waals surface area contributed by atoms with Gasteiger partial charge < -0.3 is 15.4 Å². The largest absolute Gasteiger partial charge is 0.379 e. The van der Waals surface area contributed by atoms with E-state index in [1.807, 2.05) is 20.8 Å². The van der Waals surface area contributed by atoms with E-state index in [-0.39, 0.29) is 11.9 Å². The molecule has 1 aliphatic rings. The molecule has 1 saturated heterocycles. The number of hydrogen-bond donors (Lipinski definition) is 2. The van der Waals surface area contributed by atoms with Gasteiger partial charge in [0.05, 0.1) is 23.5 Å². The summed E-state index contributed by atoms with van der Waals surface area (Å²) in [6, 6.07) is 0.107. The third-order valence-electron chi connectivity index (χ3n) is 4.40. The van der Waals surface area contributed by atoms with Crippen LogP contribution in [0.1, 0.15) is 35.5 Å². The van der Waals surface area contributed by atoms with Crippen molar-refractivity contribution < 1.29 is 9.53 Å². The van der Waals surface area contributed by atoms with Gasteiger partial charge in [0.15, 0.2) is 0 Å². The monoisotopic (exact) mass is 377 g/mol. The molecule has 3 heterocycles. The predicted octanol–water partition coefficient (Wildman–Crippen LogP) is 2.27. The van der Waals surface area contributed by atoms with Crippen molar-refractivity contribution in [1.82, 2.24) is 20.2 Å². The lowest BCUT2D eigenvalue weighted by Gasteiger charge is -2.26. The first-order valence-corrected chi connectivity index (χ1v) is 9.97. The zero-order valence-electron chi connectivity index (χ0n) is 15.7. The fourth-order valence-electron chi connectivity index (χ4n) is 3.08. The second kappa shape index (κ2) is 8.75. The molecule has 142 valence electrons. The first-order valence-electron chi connectivity index (χ1n) is 9.15. The van der Waals surface area contributed by atoms with Gasteiger partial charge >= 0.3 is 0 Å². The van der Waals surface area contributed by atoms with Gasteiger partial charge in [0.1, 0.15) is 17.0 Å². The van der Waals surface area contributed by atoms with Gasteiger partial charge in [-0.15, -0.1) is 11.3 Å². The first-order chi connectivity index (χ1) is 12.6. The minimum Gasteiger partial charge on any atom is -0.379 e. The van der Waals surface area contributed by atoms with Crippen molar-refractivity contribution in [3.05, 3.63) is 16.8 Å². The zero-order valence-corrected chi connectivity index (χ0v) is 16.5. The summed E-state index contributed by atoms with van der Waals surface area (Å²) in [7, 11) is 0. The van der Waals surface area contributed by atoms with Crippen LogP contribution in [0.4, 0.5) is 5.82 Å². The highest BCUT2D eigenvalue weighted by atomic mass is 32.1. The summed E-state index contributed by atoms with van der Waals surface area (Å²) in [4.78, 5) is 25.1. The van der Waals surface area contributed by atoms with Crippen LogP contribution in [0, 0.1) is 6.92 Å². The number of amides is 1. The van der Waals surface area contributed by atoms with Crippen molar-refractivity contribution in [2.24, 2.45) is 0 Å². The molecule has 2 aromatic rings. The maximum Gasteiger partial charge on any atom is 0.261 e. The molecule has 1 fully saturated rings. The summed E-state index contributed by atoms with van der Waals surface area (Å²) >= 11 is 1.42. The van der Waals surface area contributed by atoms with Gasteiger partial charge in [-0.1, -0.05) is 0 Å². The molecule has 2 aromatic heterocycles. The Morgan fingerprint density at radius 1 is 1.35 bits per heavy atom. The van der Waals surface area contributed by atoms with Gasteiger partial charge in [-0.05, 0) is 39.3 Å². The third-order valence-corrected chi connectivity index (χ3v) is 5.60. The average Bonchev–Trinajstić information content (AvgIpc) is 2.97. The highest BCUT2D eigenvalue weighted by Gasteiger charge is 2.19. The maximum absolute atomic E-state index is 12.4. The molecule has 2 N–H and O–H groups in total. The molecule has 3 rings (SSSR count). The number of carbonyl (C=O) groups excluding carboxylic acids is 1. The normalized spacial score (nSPS) is 15.5. The number of thiophene rings is 1. The number of aromatic nitrogens is 2. The van der Waals surface area contributed by atoms with Crippen LogP contribution in [0.3, 0.4) is 0 Å². The van der Waals surface area contributed by atoms with Gasteiger partial charge in [-0.25, -0.2) is 9.97 Å². The lowest BCUT2D eigenvalue weighted by molar-refractivity contribution is 0.0378. The van der Waals surface area contributed by atoms with Crippen LogP contribution < -0.4 is 10.6 Å². The molecule has 0 atom stereocenters. The molecule has 0 aliphatic carbocycles. The number of rotatable bonds is 7. The molecule has 0 bridgehead atoms. The van der Waals surface area contributed by atoms with Crippen molar-refractivity contribution in [3.8, 4) is 0 Å². The quantitative estimate of drug-likeness (QED) is 0.721. The van der Waals surface area contributed by atoms with Gasteiger partial charge in [0, 0.05) is 25.7 Å². The molecule has 8 heteroatoms. The topological polar surface area (TPSA) is 79.4 Å². The first kappa shape index (κ1) is 19.0. The molecular formula is C18H27N5O2S. The van der Waals surface area contributed by atoms with E-state index in [0.717, 1.165) is 67.4 Å². The minimum atomic E-state index is -0.0428. The molecule has 1 aliphatic heterocycles. The molecule has 1 amide bonds. The van der Waals surface area contributed by atoms with Crippen LogP contribution >= 0.6 is 11.3 Å². The van der Waals surface area contributed by atoms with Gasteiger partial charge in [-0.2, -0.15) is 0 Å². The second-order valence-electron chi connectivity index (χ2n) is 6.82. The van der Waals surface area contributed by atoms with Crippen LogP contribution in [-0.4, -0.2) is 66.2 Å². The zero-order chi connectivity index (χ0) is 18.5. The van der Waals surface area contributed by atoms with E-state index in [0.29, 0.717) is 4.88 Å². The van der Waals surface area contributed by atoms with E-state index in [9.17, 15) is 4.79 Å². The van der Waals surface area contributed by atoms with Gasteiger partial charge in [0.25, 0.3) is 5.91 Å². The highest BCUT2D eigenvalue weighted by Crippen LogP contribution is 2.33. The van der Waals surface area contributed by atoms with Crippen molar-refractivity contribution >= 4 is 33.3 Å². The Morgan fingerprint density at radius 2 is 2.12 bits per heavy atom. The van der Waals surface area contributed by atoms with Crippen molar-refractivity contribution in [3.63, 3.8) is 0 Å². The Morgan fingerprint density at radius 3 is 2.85 bits per heavy atom. The number of nitrogens with zero attached hydrogens (tertiary/aromatic N) is 3. The van der Waals surface area contributed by atoms with Crippen LogP contribution in [0.2, 0.25) is 0 Å². The Labute approximate surface area is 158 Å². The summed E-state index contributed by atoms with van der Waals surface area (Å²) in [6.07, 6.45) is 2.60. The third kappa shape index (κ3) is 4.49. The number of nitrogens with one attached hydrogen (secondary N) is 2. The van der Waals surface area contributed by atoms with Gasteiger partial charge in [-0.3, -0.25) is 9.69 Å². The number of fused-ring (bicyclic) bond motifs is 1. The van der Waals surface area contributed by atoms with Crippen LogP contribution in [0.15, 0.2) is 6.33 Å².